The number of halogens is 1. The summed E-state index contributed by atoms with van der Waals surface area (Å²) >= 11 is 0. The highest BCUT2D eigenvalue weighted by atomic mass is 35.5. The summed E-state index contributed by atoms with van der Waals surface area (Å²) in [6.45, 7) is -0.160. The first-order valence-electron chi connectivity index (χ1n) is 5.49. The fraction of sp³-hybridized carbons (Fsp3) is 0.417. The number of carbonyl (C=O) groups is 1. The maximum Gasteiger partial charge on any atom is 0.235 e. The third kappa shape index (κ3) is 5.34. The number of nitrogens with two attached hydrogens (primary N) is 1. The summed E-state index contributed by atoms with van der Waals surface area (Å²) < 4.78 is 10.3. The predicted octanol–water partition coefficient (Wildman–Crippen LogP) is 0.0614. The summed E-state index contributed by atoms with van der Waals surface area (Å²) in [6, 6.07) is 5.25. The van der Waals surface area contributed by atoms with Gasteiger partial charge in [-0.05, 0) is 18.2 Å². The Kier molecular flexibility index (Phi) is 7.90. The van der Waals surface area contributed by atoms with Crippen LogP contribution >= 0.6 is 12.4 Å². The topological polar surface area (TPSA) is 93.8 Å². The molecule has 0 bridgehead atoms. The van der Waals surface area contributed by atoms with Gasteiger partial charge in [0.15, 0.2) is 0 Å². The molecule has 0 aliphatic rings. The number of nitrogens with one attached hydrogen (secondary N) is 1. The minimum Gasteiger partial charge on any atom is -0.497 e. The van der Waals surface area contributed by atoms with Crippen molar-refractivity contribution in [2.45, 2.75) is 12.6 Å². The van der Waals surface area contributed by atoms with Gasteiger partial charge in [0.1, 0.15) is 17.7 Å². The van der Waals surface area contributed by atoms with Crippen LogP contribution in [0.5, 0.6) is 11.5 Å². The highest BCUT2D eigenvalue weighted by molar-refractivity contribution is 5.85. The van der Waals surface area contributed by atoms with E-state index in [1.54, 1.807) is 25.3 Å². The fourth-order valence-corrected chi connectivity index (χ4v) is 1.55. The van der Waals surface area contributed by atoms with E-state index in [1.807, 2.05) is 0 Å². The Morgan fingerprint density at radius 1 is 1.42 bits per heavy atom. The third-order valence-corrected chi connectivity index (χ3v) is 2.41. The lowest BCUT2D eigenvalue weighted by Crippen LogP contribution is -2.39. The first-order chi connectivity index (χ1) is 8.60. The number of carbonyl (C=O) groups excluding carboxylic acids is 1. The van der Waals surface area contributed by atoms with Gasteiger partial charge in [0.25, 0.3) is 0 Å². The Morgan fingerprint density at radius 3 is 2.63 bits per heavy atom. The fourth-order valence-electron chi connectivity index (χ4n) is 1.55. The van der Waals surface area contributed by atoms with Gasteiger partial charge in [0, 0.05) is 12.0 Å². The van der Waals surface area contributed by atoms with Crippen molar-refractivity contribution < 1.29 is 19.4 Å². The average Bonchev–Trinajstić information content (AvgIpc) is 2.38. The maximum atomic E-state index is 11.0. The van der Waals surface area contributed by atoms with Crippen LogP contribution in [-0.4, -0.2) is 38.0 Å². The molecule has 0 saturated heterocycles. The van der Waals surface area contributed by atoms with Crippen molar-refractivity contribution in [1.29, 1.82) is 0 Å². The van der Waals surface area contributed by atoms with E-state index in [1.165, 1.54) is 7.11 Å². The number of aliphatic hydroxyl groups is 1. The van der Waals surface area contributed by atoms with Gasteiger partial charge in [-0.15, -0.1) is 12.4 Å². The van der Waals surface area contributed by atoms with Crippen LogP contribution in [0, 0.1) is 0 Å². The minimum absolute atomic E-state index is 0. The second kappa shape index (κ2) is 8.58. The standard InChI is InChI=1S/C12H18N2O4.ClH/c1-17-9-3-4-10(18-2)8(5-9)6-11(15)14-12(16)7-13;/h3-5,11,15H,6-7,13H2,1-2H3,(H,14,16);1H. The maximum absolute atomic E-state index is 11.0. The molecular weight excluding hydrogens is 272 g/mol. The number of aliphatic hydroxyl groups excluding tert-OH is 1. The van der Waals surface area contributed by atoms with Crippen LogP contribution in [0.4, 0.5) is 0 Å². The van der Waals surface area contributed by atoms with E-state index in [9.17, 15) is 9.90 Å². The molecule has 0 saturated carbocycles. The third-order valence-electron chi connectivity index (χ3n) is 2.41. The molecule has 19 heavy (non-hydrogen) atoms. The second-order valence-electron chi connectivity index (χ2n) is 3.67. The number of rotatable bonds is 6. The van der Waals surface area contributed by atoms with E-state index in [4.69, 9.17) is 15.2 Å². The summed E-state index contributed by atoms with van der Waals surface area (Å²) in [5.41, 5.74) is 5.89. The lowest BCUT2D eigenvalue weighted by Gasteiger charge is -2.15. The molecule has 0 aliphatic carbocycles. The van der Waals surface area contributed by atoms with Crippen LogP contribution in [0.15, 0.2) is 18.2 Å². The Bertz CT molecular complexity index is 415. The average molecular weight is 291 g/mol. The predicted molar refractivity (Wildman–Crippen MR) is 73.7 cm³/mol. The van der Waals surface area contributed by atoms with Crippen LogP contribution in [0.1, 0.15) is 5.56 Å². The number of hydrogen-bond donors (Lipinski definition) is 3. The molecule has 0 fully saturated rings. The highest BCUT2D eigenvalue weighted by Crippen LogP contribution is 2.24. The van der Waals surface area contributed by atoms with Gasteiger partial charge in [0.2, 0.25) is 5.91 Å². The minimum atomic E-state index is -1.01. The van der Waals surface area contributed by atoms with E-state index < -0.39 is 12.1 Å². The smallest absolute Gasteiger partial charge is 0.235 e. The molecule has 0 aromatic heterocycles. The summed E-state index contributed by atoms with van der Waals surface area (Å²) in [7, 11) is 3.09. The zero-order chi connectivity index (χ0) is 13.5. The van der Waals surface area contributed by atoms with Crippen molar-refractivity contribution >= 4 is 18.3 Å². The largest absolute Gasteiger partial charge is 0.497 e. The van der Waals surface area contributed by atoms with E-state index in [2.05, 4.69) is 5.32 Å². The first kappa shape index (κ1) is 17.5. The van der Waals surface area contributed by atoms with Gasteiger partial charge < -0.3 is 25.6 Å². The normalized spacial score (nSPS) is 11.2. The summed E-state index contributed by atoms with van der Waals surface area (Å²) in [5, 5.41) is 12.1. The number of hydrogen-bond acceptors (Lipinski definition) is 5. The molecule has 108 valence electrons. The lowest BCUT2D eigenvalue weighted by molar-refractivity contribution is -0.122. The number of ether oxygens (including phenoxy) is 2. The van der Waals surface area contributed by atoms with Crippen molar-refractivity contribution in [1.82, 2.24) is 5.32 Å². The zero-order valence-electron chi connectivity index (χ0n) is 10.9. The van der Waals surface area contributed by atoms with Gasteiger partial charge >= 0.3 is 0 Å². The van der Waals surface area contributed by atoms with Crippen molar-refractivity contribution in [3.8, 4) is 11.5 Å². The Balaban J connectivity index is 0.00000324. The molecule has 1 amide bonds. The van der Waals surface area contributed by atoms with E-state index in [0.717, 1.165) is 5.56 Å². The molecule has 1 unspecified atom stereocenters. The molecule has 1 rings (SSSR count). The SMILES string of the molecule is COc1ccc(OC)c(CC(O)NC(=O)CN)c1.Cl. The van der Waals surface area contributed by atoms with Gasteiger partial charge in [-0.2, -0.15) is 0 Å². The Morgan fingerprint density at radius 2 is 2.11 bits per heavy atom. The molecule has 0 heterocycles. The van der Waals surface area contributed by atoms with Crippen LogP contribution in [0.25, 0.3) is 0 Å². The van der Waals surface area contributed by atoms with E-state index in [0.29, 0.717) is 11.5 Å². The van der Waals surface area contributed by atoms with Crippen molar-refractivity contribution in [2.75, 3.05) is 20.8 Å². The molecule has 7 heteroatoms. The molecule has 0 radical (unpaired) electrons. The number of benzene rings is 1. The zero-order valence-corrected chi connectivity index (χ0v) is 11.7. The van der Waals surface area contributed by atoms with Gasteiger partial charge in [0.05, 0.1) is 20.8 Å². The Hall–Kier alpha value is -1.50. The van der Waals surface area contributed by atoms with Crippen LogP contribution < -0.4 is 20.5 Å². The second-order valence-corrected chi connectivity index (χ2v) is 3.67. The molecule has 1 aromatic carbocycles. The van der Waals surface area contributed by atoms with Crippen LogP contribution in [-0.2, 0) is 11.2 Å². The van der Waals surface area contributed by atoms with Crippen molar-refractivity contribution in [3.63, 3.8) is 0 Å². The number of methoxy groups -OCH3 is 2. The van der Waals surface area contributed by atoms with Gasteiger partial charge in [-0.3, -0.25) is 4.79 Å². The molecule has 0 aliphatic heterocycles. The summed E-state index contributed by atoms with van der Waals surface area (Å²) in [4.78, 5) is 11.0. The van der Waals surface area contributed by atoms with Gasteiger partial charge in [-0.25, -0.2) is 0 Å². The molecule has 6 nitrogen and oxygen atoms in total. The van der Waals surface area contributed by atoms with Crippen molar-refractivity contribution in [3.05, 3.63) is 23.8 Å². The van der Waals surface area contributed by atoms with Crippen LogP contribution in [0.3, 0.4) is 0 Å². The summed E-state index contributed by atoms with van der Waals surface area (Å²) in [5.74, 6) is 0.865. The molecule has 1 aromatic rings. The molecule has 1 atom stereocenters. The van der Waals surface area contributed by atoms with Gasteiger partial charge in [-0.1, -0.05) is 0 Å². The van der Waals surface area contributed by atoms with E-state index >= 15 is 0 Å². The monoisotopic (exact) mass is 290 g/mol. The number of amides is 1. The van der Waals surface area contributed by atoms with E-state index in [-0.39, 0.29) is 25.4 Å². The van der Waals surface area contributed by atoms with Crippen molar-refractivity contribution in [2.24, 2.45) is 5.73 Å². The summed E-state index contributed by atoms with van der Waals surface area (Å²) in [6.07, 6.45) is -0.798. The Labute approximate surface area is 118 Å². The molecule has 0 spiro atoms. The highest BCUT2D eigenvalue weighted by Gasteiger charge is 2.12. The molecular formula is C12H19ClN2O4. The molecule has 4 N–H and O–H groups in total. The van der Waals surface area contributed by atoms with Crippen LogP contribution in [0.2, 0.25) is 0 Å². The lowest BCUT2D eigenvalue weighted by atomic mass is 10.1. The quantitative estimate of drug-likeness (QED) is 0.644. The first-order valence-corrected chi connectivity index (χ1v) is 5.49.